The van der Waals surface area contributed by atoms with Crippen molar-refractivity contribution in [3.8, 4) is 0 Å². The summed E-state index contributed by atoms with van der Waals surface area (Å²) in [6.45, 7) is 4.10. The van der Waals surface area contributed by atoms with Crippen LogP contribution in [0.2, 0.25) is 0 Å². The van der Waals surface area contributed by atoms with Gasteiger partial charge in [0, 0.05) is 18.5 Å². The van der Waals surface area contributed by atoms with Crippen LogP contribution in [0.5, 0.6) is 0 Å². The molecular weight excluding hydrogens is 274 g/mol. The molecule has 1 aliphatic rings. The number of thiophene rings is 1. The molecule has 110 valence electrons. The van der Waals surface area contributed by atoms with Gasteiger partial charge in [-0.25, -0.2) is 0 Å². The van der Waals surface area contributed by atoms with E-state index in [0.29, 0.717) is 5.92 Å². The van der Waals surface area contributed by atoms with Gasteiger partial charge in [0.05, 0.1) is 10.8 Å². The number of aliphatic carboxylic acids is 1. The van der Waals surface area contributed by atoms with Gasteiger partial charge < -0.3 is 10.0 Å². The Bertz CT molecular complexity index is 523. The highest BCUT2D eigenvalue weighted by molar-refractivity contribution is 7.14. The lowest BCUT2D eigenvalue weighted by Gasteiger charge is -2.18. The fourth-order valence-corrected chi connectivity index (χ4v) is 3.77. The maximum Gasteiger partial charge on any atom is 0.308 e. The molecule has 0 aromatic carbocycles. The summed E-state index contributed by atoms with van der Waals surface area (Å²) in [6.07, 6.45) is 3.30. The molecule has 1 amide bonds. The predicted octanol–water partition coefficient (Wildman–Crippen LogP) is 2.67. The maximum atomic E-state index is 12.3. The summed E-state index contributed by atoms with van der Waals surface area (Å²) in [5, 5.41) is 8.91. The van der Waals surface area contributed by atoms with E-state index in [9.17, 15) is 9.59 Å². The zero-order valence-electron chi connectivity index (χ0n) is 12.2. The Morgan fingerprint density at radius 1 is 1.55 bits per heavy atom. The molecule has 0 spiro atoms. The first-order chi connectivity index (χ1) is 9.38. The van der Waals surface area contributed by atoms with Crippen molar-refractivity contribution in [1.82, 2.24) is 4.90 Å². The minimum Gasteiger partial charge on any atom is -0.481 e. The van der Waals surface area contributed by atoms with E-state index in [1.54, 1.807) is 25.3 Å². The maximum absolute atomic E-state index is 12.3. The highest BCUT2D eigenvalue weighted by atomic mass is 32.1. The summed E-state index contributed by atoms with van der Waals surface area (Å²) < 4.78 is 0. The first kappa shape index (κ1) is 15.0. The molecule has 0 saturated heterocycles. The standard InChI is InChI=1S/C15H21NO3S/c1-9-4-5-12-11(6-9)7-13(20-12)14(17)16(3)8-10(2)15(18)19/h7,9-10H,4-6,8H2,1-3H3,(H,18,19). The van der Waals surface area contributed by atoms with Crippen LogP contribution in [0.15, 0.2) is 6.07 Å². The summed E-state index contributed by atoms with van der Waals surface area (Å²) in [5.74, 6) is -0.794. The molecular formula is C15H21NO3S. The Morgan fingerprint density at radius 2 is 2.25 bits per heavy atom. The number of carboxylic acids is 1. The van der Waals surface area contributed by atoms with Gasteiger partial charge in [0.15, 0.2) is 0 Å². The number of hydrogen-bond acceptors (Lipinski definition) is 3. The fourth-order valence-electron chi connectivity index (χ4n) is 2.57. The third-order valence-electron chi connectivity index (χ3n) is 3.86. The van der Waals surface area contributed by atoms with Crippen LogP contribution < -0.4 is 0 Å². The normalized spacial score (nSPS) is 19.2. The molecule has 0 radical (unpaired) electrons. The average molecular weight is 295 g/mol. The Morgan fingerprint density at radius 3 is 2.90 bits per heavy atom. The fraction of sp³-hybridized carbons (Fsp3) is 0.600. The number of hydrogen-bond donors (Lipinski definition) is 1. The topological polar surface area (TPSA) is 57.6 Å². The van der Waals surface area contributed by atoms with Gasteiger partial charge in [-0.05, 0) is 36.8 Å². The summed E-state index contributed by atoms with van der Waals surface area (Å²) in [7, 11) is 1.67. The minimum atomic E-state index is -0.871. The second-order valence-electron chi connectivity index (χ2n) is 5.83. The molecule has 1 aromatic rings. The number of aryl methyl sites for hydroxylation is 1. The Balaban J connectivity index is 2.08. The second kappa shape index (κ2) is 5.95. The third kappa shape index (κ3) is 3.20. The van der Waals surface area contributed by atoms with Crippen molar-refractivity contribution in [3.63, 3.8) is 0 Å². The molecule has 1 aliphatic carbocycles. The Kier molecular flexibility index (Phi) is 4.48. The number of carbonyl (C=O) groups excluding carboxylic acids is 1. The molecule has 2 atom stereocenters. The van der Waals surface area contributed by atoms with Gasteiger partial charge in [-0.1, -0.05) is 13.8 Å². The van der Waals surface area contributed by atoms with E-state index in [-0.39, 0.29) is 12.5 Å². The number of rotatable bonds is 4. The molecule has 1 N–H and O–H groups in total. The number of amides is 1. The molecule has 1 heterocycles. The van der Waals surface area contributed by atoms with Gasteiger partial charge >= 0.3 is 5.97 Å². The highest BCUT2D eigenvalue weighted by Crippen LogP contribution is 2.32. The van der Waals surface area contributed by atoms with E-state index in [4.69, 9.17) is 5.11 Å². The van der Waals surface area contributed by atoms with E-state index in [2.05, 4.69) is 6.92 Å². The van der Waals surface area contributed by atoms with Gasteiger partial charge in [0.25, 0.3) is 5.91 Å². The lowest BCUT2D eigenvalue weighted by atomic mass is 9.90. The minimum absolute atomic E-state index is 0.0647. The summed E-state index contributed by atoms with van der Waals surface area (Å²) >= 11 is 1.57. The molecule has 5 heteroatoms. The van der Waals surface area contributed by atoms with Crippen molar-refractivity contribution < 1.29 is 14.7 Å². The van der Waals surface area contributed by atoms with Gasteiger partial charge in [-0.15, -0.1) is 11.3 Å². The van der Waals surface area contributed by atoms with Crippen molar-refractivity contribution >= 4 is 23.2 Å². The monoisotopic (exact) mass is 295 g/mol. The van der Waals surface area contributed by atoms with Crippen LogP contribution in [-0.2, 0) is 17.6 Å². The zero-order valence-corrected chi connectivity index (χ0v) is 13.0. The van der Waals surface area contributed by atoms with Gasteiger partial charge in [-0.3, -0.25) is 9.59 Å². The first-order valence-electron chi connectivity index (χ1n) is 6.98. The van der Waals surface area contributed by atoms with E-state index in [0.717, 1.165) is 17.7 Å². The molecule has 2 unspecified atom stereocenters. The molecule has 20 heavy (non-hydrogen) atoms. The average Bonchev–Trinajstić information content (AvgIpc) is 2.80. The zero-order chi connectivity index (χ0) is 14.9. The summed E-state index contributed by atoms with van der Waals surface area (Å²) in [5.41, 5.74) is 1.30. The Hall–Kier alpha value is -1.36. The lowest BCUT2D eigenvalue weighted by molar-refractivity contribution is -0.141. The van der Waals surface area contributed by atoms with Crippen LogP contribution in [0.25, 0.3) is 0 Å². The largest absolute Gasteiger partial charge is 0.481 e. The van der Waals surface area contributed by atoms with E-state index >= 15 is 0 Å². The van der Waals surface area contributed by atoms with E-state index in [1.165, 1.54) is 21.8 Å². The molecule has 0 aliphatic heterocycles. The van der Waals surface area contributed by atoms with Crippen molar-refractivity contribution in [2.45, 2.75) is 33.1 Å². The third-order valence-corrected chi connectivity index (χ3v) is 5.08. The number of carbonyl (C=O) groups is 2. The van der Waals surface area contributed by atoms with Gasteiger partial charge in [-0.2, -0.15) is 0 Å². The predicted molar refractivity (Wildman–Crippen MR) is 79.3 cm³/mol. The van der Waals surface area contributed by atoms with Crippen molar-refractivity contribution in [3.05, 3.63) is 21.4 Å². The van der Waals surface area contributed by atoms with Crippen LogP contribution >= 0.6 is 11.3 Å². The SMILES string of the molecule is CC1CCc2sc(C(=O)N(C)CC(C)C(=O)O)cc2C1. The van der Waals surface area contributed by atoms with E-state index < -0.39 is 11.9 Å². The smallest absolute Gasteiger partial charge is 0.308 e. The number of nitrogens with zero attached hydrogens (tertiary/aromatic N) is 1. The first-order valence-corrected chi connectivity index (χ1v) is 7.80. The van der Waals surface area contributed by atoms with Crippen molar-refractivity contribution in [1.29, 1.82) is 0 Å². The summed E-state index contributed by atoms with van der Waals surface area (Å²) in [6, 6.07) is 2.00. The highest BCUT2D eigenvalue weighted by Gasteiger charge is 2.23. The Labute approximate surface area is 123 Å². The van der Waals surface area contributed by atoms with Crippen LogP contribution in [-0.4, -0.2) is 35.5 Å². The quantitative estimate of drug-likeness (QED) is 0.929. The van der Waals surface area contributed by atoms with Crippen LogP contribution in [0.4, 0.5) is 0 Å². The van der Waals surface area contributed by atoms with Crippen LogP contribution in [0, 0.1) is 11.8 Å². The van der Waals surface area contributed by atoms with Gasteiger partial charge in [0.1, 0.15) is 0 Å². The van der Waals surface area contributed by atoms with Crippen molar-refractivity contribution in [2.24, 2.45) is 11.8 Å². The molecule has 0 fully saturated rings. The number of carboxylic acid groups (broad SMARTS) is 1. The molecule has 2 rings (SSSR count). The number of fused-ring (bicyclic) bond motifs is 1. The molecule has 1 aromatic heterocycles. The summed E-state index contributed by atoms with van der Waals surface area (Å²) in [4.78, 5) is 26.8. The van der Waals surface area contributed by atoms with E-state index in [1.807, 2.05) is 6.07 Å². The molecule has 4 nitrogen and oxygen atoms in total. The van der Waals surface area contributed by atoms with Crippen LogP contribution in [0.3, 0.4) is 0 Å². The van der Waals surface area contributed by atoms with Crippen molar-refractivity contribution in [2.75, 3.05) is 13.6 Å². The molecule has 0 bridgehead atoms. The molecule has 0 saturated carbocycles. The van der Waals surface area contributed by atoms with Crippen LogP contribution in [0.1, 0.15) is 40.4 Å². The second-order valence-corrected chi connectivity index (χ2v) is 6.97. The lowest BCUT2D eigenvalue weighted by Crippen LogP contribution is -2.33. The van der Waals surface area contributed by atoms with Gasteiger partial charge in [0.2, 0.25) is 0 Å².